The summed E-state index contributed by atoms with van der Waals surface area (Å²) < 4.78 is 27.3. The highest BCUT2D eigenvalue weighted by Gasteiger charge is 2.29. The first-order valence-electron chi connectivity index (χ1n) is 8.86. The maximum absolute atomic E-state index is 13.6. The maximum atomic E-state index is 13.6. The van der Waals surface area contributed by atoms with Gasteiger partial charge in [-0.15, -0.1) is 0 Å². The Morgan fingerprint density at radius 2 is 1.69 bits per heavy atom. The first-order valence-corrected chi connectivity index (χ1v) is 10.4. The van der Waals surface area contributed by atoms with E-state index >= 15 is 0 Å². The van der Waals surface area contributed by atoms with E-state index < -0.39 is 6.92 Å². The van der Waals surface area contributed by atoms with Crippen LogP contribution in [0.5, 0.6) is 11.5 Å². The summed E-state index contributed by atoms with van der Waals surface area (Å²) in [5.41, 5.74) is 2.35. The van der Waals surface area contributed by atoms with Crippen molar-refractivity contribution in [1.82, 2.24) is 4.98 Å². The van der Waals surface area contributed by atoms with Crippen LogP contribution in [0.1, 0.15) is 0 Å². The molecular formula is C22H15BBr2FNO2. The molecule has 144 valence electrons. The summed E-state index contributed by atoms with van der Waals surface area (Å²) in [5.74, 6) is 0.987. The minimum absolute atomic E-state index is 0.301. The third-order valence-electron chi connectivity index (χ3n) is 4.58. The third-order valence-corrected chi connectivity index (χ3v) is 5.83. The maximum Gasteiger partial charge on any atom is 0.430 e. The van der Waals surface area contributed by atoms with Crippen molar-refractivity contribution < 1.29 is 13.8 Å². The number of para-hydroxylation sites is 1. The second-order valence-corrected chi connectivity index (χ2v) is 8.07. The van der Waals surface area contributed by atoms with Crippen LogP contribution in [0.4, 0.5) is 4.39 Å². The monoisotopic (exact) mass is 513 g/mol. The second kappa shape index (κ2) is 8.55. The fraction of sp³-hybridized carbons (Fsp3) is 0.0455. The van der Waals surface area contributed by atoms with Gasteiger partial charge in [-0.1, -0.05) is 52.3 Å². The second-order valence-electron chi connectivity index (χ2n) is 6.36. The summed E-state index contributed by atoms with van der Waals surface area (Å²) in [5, 5.41) is 0.934. The van der Waals surface area contributed by atoms with Gasteiger partial charge in [0.1, 0.15) is 22.8 Å². The number of hydrogen-bond donors (Lipinski definition) is 0. The molecule has 0 atom stereocenters. The van der Waals surface area contributed by atoms with E-state index in [9.17, 15) is 4.39 Å². The van der Waals surface area contributed by atoms with Crippen LogP contribution < -0.4 is 20.3 Å². The highest BCUT2D eigenvalue weighted by Crippen LogP contribution is 2.37. The number of pyridine rings is 1. The molecule has 7 heteroatoms. The Kier molecular flexibility index (Phi) is 5.87. The summed E-state index contributed by atoms with van der Waals surface area (Å²) >= 11 is 7.18. The number of benzene rings is 3. The van der Waals surface area contributed by atoms with E-state index in [0.717, 1.165) is 30.8 Å². The minimum atomic E-state index is -0.519. The predicted octanol–water partition coefficient (Wildman–Crippen LogP) is 5.09. The molecule has 3 nitrogen and oxygen atoms in total. The first kappa shape index (κ1) is 19.9. The van der Waals surface area contributed by atoms with Gasteiger partial charge < -0.3 is 9.39 Å². The standard InChI is InChI=1S/C22H15BBr2FNO2/c1-28-20-7-3-2-6-17(20)23(14-8-10-15(26)11-9-14)29-22-19(25)13-18(24)16-5-4-12-27-21(16)22/h2-13H,1H3. The molecule has 0 amide bonds. The van der Waals surface area contributed by atoms with Gasteiger partial charge in [-0.3, -0.25) is 4.98 Å². The molecule has 0 aliphatic carbocycles. The number of aromatic nitrogens is 1. The van der Waals surface area contributed by atoms with Gasteiger partial charge in [0, 0.05) is 21.5 Å². The van der Waals surface area contributed by atoms with Crippen molar-refractivity contribution in [3.63, 3.8) is 0 Å². The van der Waals surface area contributed by atoms with Crippen molar-refractivity contribution in [2.45, 2.75) is 0 Å². The SMILES string of the molecule is COc1ccccc1B(Oc1c(Br)cc(Br)c2cccnc12)c1ccc(F)cc1. The van der Waals surface area contributed by atoms with Crippen LogP contribution in [-0.4, -0.2) is 19.0 Å². The molecule has 0 spiro atoms. The summed E-state index contributed by atoms with van der Waals surface area (Å²) in [7, 11) is 1.62. The van der Waals surface area contributed by atoms with Gasteiger partial charge in [0.25, 0.3) is 0 Å². The molecule has 0 N–H and O–H groups in total. The topological polar surface area (TPSA) is 31.4 Å². The Labute approximate surface area is 185 Å². The van der Waals surface area contributed by atoms with Gasteiger partial charge in [0.15, 0.2) is 0 Å². The molecule has 0 fully saturated rings. The number of fused-ring (bicyclic) bond motifs is 1. The molecule has 1 heterocycles. The predicted molar refractivity (Wildman–Crippen MR) is 122 cm³/mol. The number of ether oxygens (including phenoxy) is 1. The first-order chi connectivity index (χ1) is 14.1. The van der Waals surface area contributed by atoms with Crippen molar-refractivity contribution >= 4 is 60.6 Å². The van der Waals surface area contributed by atoms with Gasteiger partial charge in [-0.05, 0) is 51.7 Å². The van der Waals surface area contributed by atoms with Crippen LogP contribution in [-0.2, 0) is 0 Å². The summed E-state index contributed by atoms with van der Waals surface area (Å²) in [6.45, 7) is -0.519. The number of nitrogens with zero attached hydrogens (tertiary/aromatic N) is 1. The van der Waals surface area contributed by atoms with Crippen LogP contribution in [0, 0.1) is 5.82 Å². The van der Waals surface area contributed by atoms with Crippen LogP contribution >= 0.6 is 31.9 Å². The summed E-state index contributed by atoms with van der Waals surface area (Å²) in [4.78, 5) is 4.52. The van der Waals surface area contributed by atoms with Crippen LogP contribution in [0.15, 0.2) is 81.9 Å². The largest absolute Gasteiger partial charge is 0.549 e. The van der Waals surface area contributed by atoms with Crippen LogP contribution in [0.2, 0.25) is 0 Å². The van der Waals surface area contributed by atoms with Crippen LogP contribution in [0.25, 0.3) is 10.9 Å². The number of halogens is 3. The van der Waals surface area contributed by atoms with Gasteiger partial charge in [0.2, 0.25) is 0 Å². The molecule has 0 bridgehead atoms. The normalized spacial score (nSPS) is 10.8. The molecular weight excluding hydrogens is 500 g/mol. The average Bonchev–Trinajstić information content (AvgIpc) is 2.75. The van der Waals surface area contributed by atoms with E-state index in [-0.39, 0.29) is 5.82 Å². The zero-order valence-electron chi connectivity index (χ0n) is 15.4. The Balaban J connectivity index is 1.90. The van der Waals surface area contributed by atoms with Gasteiger partial charge in [-0.2, -0.15) is 0 Å². The summed E-state index contributed by atoms with van der Waals surface area (Å²) in [6, 6.07) is 19.7. The van der Waals surface area contributed by atoms with E-state index in [1.165, 1.54) is 12.1 Å². The van der Waals surface area contributed by atoms with Crippen molar-refractivity contribution in [1.29, 1.82) is 0 Å². The van der Waals surface area contributed by atoms with Gasteiger partial charge in [0.05, 0.1) is 11.6 Å². The molecule has 29 heavy (non-hydrogen) atoms. The number of methoxy groups -OCH3 is 1. The quantitative estimate of drug-likeness (QED) is 0.348. The molecule has 3 aromatic carbocycles. The number of rotatable bonds is 5. The molecule has 1 aromatic heterocycles. The molecule has 0 unspecified atom stereocenters. The molecule has 0 saturated carbocycles. The fourth-order valence-electron chi connectivity index (χ4n) is 3.21. The van der Waals surface area contributed by atoms with Gasteiger partial charge >= 0.3 is 6.92 Å². The Hall–Kier alpha value is -2.38. The third kappa shape index (κ3) is 4.02. The number of hydrogen-bond acceptors (Lipinski definition) is 3. The fourth-order valence-corrected chi connectivity index (χ4v) is 4.57. The zero-order valence-corrected chi connectivity index (χ0v) is 18.6. The molecule has 0 radical (unpaired) electrons. The zero-order chi connectivity index (χ0) is 20.4. The van der Waals surface area contributed by atoms with E-state index in [2.05, 4.69) is 36.8 Å². The highest BCUT2D eigenvalue weighted by molar-refractivity contribution is 9.11. The molecule has 4 aromatic rings. The van der Waals surface area contributed by atoms with Crippen molar-refractivity contribution in [3.05, 3.63) is 87.7 Å². The molecule has 0 aliphatic heterocycles. The smallest absolute Gasteiger partial charge is 0.430 e. The van der Waals surface area contributed by atoms with Gasteiger partial charge in [-0.25, -0.2) is 4.39 Å². The van der Waals surface area contributed by atoms with Crippen molar-refractivity contribution in [3.8, 4) is 11.5 Å². The highest BCUT2D eigenvalue weighted by atomic mass is 79.9. The van der Waals surface area contributed by atoms with E-state index in [0.29, 0.717) is 11.5 Å². The van der Waals surface area contributed by atoms with E-state index in [1.807, 2.05) is 42.5 Å². The Morgan fingerprint density at radius 1 is 0.931 bits per heavy atom. The Bertz CT molecular complexity index is 1170. The van der Waals surface area contributed by atoms with Crippen molar-refractivity contribution in [2.24, 2.45) is 0 Å². The Morgan fingerprint density at radius 3 is 2.45 bits per heavy atom. The molecule has 4 rings (SSSR count). The molecule has 0 saturated heterocycles. The lowest BCUT2D eigenvalue weighted by Gasteiger charge is -2.21. The lowest BCUT2D eigenvalue weighted by atomic mass is 9.55. The van der Waals surface area contributed by atoms with E-state index in [1.54, 1.807) is 25.4 Å². The van der Waals surface area contributed by atoms with E-state index in [4.69, 9.17) is 9.39 Å². The minimum Gasteiger partial charge on any atom is -0.549 e. The summed E-state index contributed by atoms with van der Waals surface area (Å²) in [6.07, 6.45) is 1.73. The van der Waals surface area contributed by atoms with Crippen LogP contribution in [0.3, 0.4) is 0 Å². The molecule has 0 aliphatic rings. The lowest BCUT2D eigenvalue weighted by Crippen LogP contribution is -2.48. The lowest BCUT2D eigenvalue weighted by molar-refractivity contribution is 0.417. The van der Waals surface area contributed by atoms with Crippen molar-refractivity contribution in [2.75, 3.05) is 7.11 Å². The average molecular weight is 515 g/mol.